The van der Waals surface area contributed by atoms with Crippen LogP contribution in [0.5, 0.6) is 0 Å². The van der Waals surface area contributed by atoms with Crippen molar-refractivity contribution in [2.24, 2.45) is 0 Å². The van der Waals surface area contributed by atoms with Crippen LogP contribution in [0, 0.1) is 0 Å². The van der Waals surface area contributed by atoms with Crippen molar-refractivity contribution < 1.29 is 4.42 Å². The Hall–Kier alpha value is -6.68. The van der Waals surface area contributed by atoms with Gasteiger partial charge in [-0.2, -0.15) is 0 Å². The van der Waals surface area contributed by atoms with Crippen molar-refractivity contribution in [1.82, 2.24) is 0 Å². The molecule has 0 saturated heterocycles. The molecule has 0 bridgehead atoms. The molecule has 3 heteroatoms. The molecule has 2 nitrogen and oxygen atoms in total. The molecule has 9 aromatic carbocycles. The van der Waals surface area contributed by atoms with Crippen molar-refractivity contribution >= 4 is 92.1 Å². The van der Waals surface area contributed by atoms with E-state index in [4.69, 9.17) is 4.42 Å². The summed E-state index contributed by atoms with van der Waals surface area (Å²) in [5.74, 6) is 0. The zero-order chi connectivity index (χ0) is 34.9. The highest BCUT2D eigenvalue weighted by molar-refractivity contribution is 7.26. The number of furan rings is 1. The lowest BCUT2D eigenvalue weighted by atomic mass is 9.94. The highest BCUT2D eigenvalue weighted by Crippen LogP contribution is 2.48. The molecular weight excluding hydrogens is 663 g/mol. The second kappa shape index (κ2) is 11.9. The SMILES string of the molecule is c1ccc(-c2cc3c(cc2N(c2ccccc2)c2ccc(-c4cccc5c4sc4ccccc45)cc2)oc2c4ccccc4c4ccccc4c32)cc1. The summed E-state index contributed by atoms with van der Waals surface area (Å²) >= 11 is 1.87. The van der Waals surface area contributed by atoms with E-state index >= 15 is 0 Å². The van der Waals surface area contributed by atoms with Gasteiger partial charge in [-0.15, -0.1) is 11.3 Å². The Kier molecular flexibility index (Phi) is 6.76. The number of anilines is 3. The van der Waals surface area contributed by atoms with E-state index in [1.165, 1.54) is 47.5 Å². The zero-order valence-electron chi connectivity index (χ0n) is 28.7. The molecule has 11 aromatic rings. The Balaban J connectivity index is 1.15. The van der Waals surface area contributed by atoms with Crippen LogP contribution in [-0.4, -0.2) is 0 Å². The van der Waals surface area contributed by atoms with Gasteiger partial charge in [0, 0.05) is 59.3 Å². The lowest BCUT2D eigenvalue weighted by molar-refractivity contribution is 0.673. The molecule has 0 amide bonds. The van der Waals surface area contributed by atoms with Gasteiger partial charge in [0.1, 0.15) is 11.2 Å². The summed E-state index contributed by atoms with van der Waals surface area (Å²) in [6.07, 6.45) is 0. The third-order valence-corrected chi connectivity index (χ3v) is 11.9. The molecular formula is C50H31NOS. The second-order valence-corrected chi connectivity index (χ2v) is 14.7. The van der Waals surface area contributed by atoms with Crippen LogP contribution in [0.3, 0.4) is 0 Å². The van der Waals surface area contributed by atoms with Gasteiger partial charge in [0.2, 0.25) is 0 Å². The molecule has 0 aliphatic carbocycles. The van der Waals surface area contributed by atoms with Gasteiger partial charge in [0.25, 0.3) is 0 Å². The van der Waals surface area contributed by atoms with Crippen LogP contribution in [0.2, 0.25) is 0 Å². The maximum absolute atomic E-state index is 6.94. The van der Waals surface area contributed by atoms with Crippen molar-refractivity contribution in [2.45, 2.75) is 0 Å². The van der Waals surface area contributed by atoms with Gasteiger partial charge in [-0.3, -0.25) is 0 Å². The summed E-state index contributed by atoms with van der Waals surface area (Å²) in [4.78, 5) is 2.37. The molecule has 0 atom stereocenters. The minimum Gasteiger partial charge on any atom is -0.455 e. The Morgan fingerprint density at radius 2 is 0.981 bits per heavy atom. The molecule has 0 aliphatic heterocycles. The number of nitrogens with zero attached hydrogens (tertiary/aromatic N) is 1. The molecule has 0 fully saturated rings. The molecule has 0 spiro atoms. The number of hydrogen-bond donors (Lipinski definition) is 0. The van der Waals surface area contributed by atoms with Crippen molar-refractivity contribution in [2.75, 3.05) is 4.90 Å². The van der Waals surface area contributed by atoms with Crippen LogP contribution >= 0.6 is 11.3 Å². The van der Waals surface area contributed by atoms with E-state index in [1.54, 1.807) is 0 Å². The Bertz CT molecular complexity index is 3160. The second-order valence-electron chi connectivity index (χ2n) is 13.6. The quantitative estimate of drug-likeness (QED) is 0.167. The minimum absolute atomic E-state index is 0.866. The molecule has 0 aliphatic rings. The summed E-state index contributed by atoms with van der Waals surface area (Å²) in [6, 6.07) is 67.7. The topological polar surface area (TPSA) is 16.4 Å². The summed E-state index contributed by atoms with van der Waals surface area (Å²) in [5, 5.41) is 9.67. The number of thiophene rings is 1. The number of fused-ring (bicyclic) bond motifs is 11. The minimum atomic E-state index is 0.866. The monoisotopic (exact) mass is 693 g/mol. The summed E-state index contributed by atoms with van der Waals surface area (Å²) in [5.41, 5.74) is 9.76. The van der Waals surface area contributed by atoms with E-state index in [9.17, 15) is 0 Å². The van der Waals surface area contributed by atoms with Crippen LogP contribution in [0.4, 0.5) is 17.1 Å². The first-order chi connectivity index (χ1) is 26.3. The van der Waals surface area contributed by atoms with Gasteiger partial charge in [0.15, 0.2) is 0 Å². The third-order valence-electron chi connectivity index (χ3n) is 10.6. The number of benzene rings is 9. The molecule has 0 unspecified atom stereocenters. The highest BCUT2D eigenvalue weighted by atomic mass is 32.1. The van der Waals surface area contributed by atoms with Gasteiger partial charge in [-0.1, -0.05) is 146 Å². The molecule has 0 saturated carbocycles. The van der Waals surface area contributed by atoms with Crippen LogP contribution < -0.4 is 4.90 Å². The van der Waals surface area contributed by atoms with Gasteiger partial charge < -0.3 is 9.32 Å². The first-order valence-corrected chi connectivity index (χ1v) is 18.8. The van der Waals surface area contributed by atoms with Gasteiger partial charge in [0.05, 0.1) is 5.69 Å². The maximum Gasteiger partial charge on any atom is 0.143 e. The average molecular weight is 694 g/mol. The molecule has 248 valence electrons. The van der Waals surface area contributed by atoms with E-state index in [1.807, 2.05) is 11.3 Å². The van der Waals surface area contributed by atoms with Gasteiger partial charge in [-0.05, 0) is 69.2 Å². The summed E-state index contributed by atoms with van der Waals surface area (Å²) in [6.45, 7) is 0. The molecule has 11 rings (SSSR count). The van der Waals surface area contributed by atoms with Crippen molar-refractivity contribution in [3.63, 3.8) is 0 Å². The molecule has 53 heavy (non-hydrogen) atoms. The van der Waals surface area contributed by atoms with Crippen LogP contribution in [-0.2, 0) is 0 Å². The van der Waals surface area contributed by atoms with E-state index in [0.29, 0.717) is 0 Å². The molecule has 2 heterocycles. The predicted octanol–water partition coefficient (Wildman–Crippen LogP) is 15.1. The number of para-hydroxylation sites is 1. The predicted molar refractivity (Wildman–Crippen MR) is 227 cm³/mol. The average Bonchev–Trinajstić information content (AvgIpc) is 3.81. The smallest absolute Gasteiger partial charge is 0.143 e. The molecule has 0 N–H and O–H groups in total. The van der Waals surface area contributed by atoms with Crippen molar-refractivity contribution in [1.29, 1.82) is 0 Å². The molecule has 2 aromatic heterocycles. The maximum atomic E-state index is 6.94. The largest absolute Gasteiger partial charge is 0.455 e. The Morgan fingerprint density at radius 3 is 1.75 bits per heavy atom. The third kappa shape index (κ3) is 4.71. The fourth-order valence-corrected chi connectivity index (χ4v) is 9.48. The van der Waals surface area contributed by atoms with Crippen LogP contribution in [0.1, 0.15) is 0 Å². The zero-order valence-corrected chi connectivity index (χ0v) is 29.5. The molecule has 0 radical (unpaired) electrons. The fourth-order valence-electron chi connectivity index (χ4n) is 8.24. The summed E-state index contributed by atoms with van der Waals surface area (Å²) in [7, 11) is 0. The van der Waals surface area contributed by atoms with E-state index in [0.717, 1.165) is 55.5 Å². The Labute approximate surface area is 310 Å². The standard InChI is InChI=1S/C50H31NOS/c1-3-14-32(15-4-1)43-30-44-46(52-49-41-22-10-8-19-38(41)37-18-7-9-21-40(37)48(44)49)31-45(43)51(34-16-5-2-6-17-34)35-28-26-33(27-29-35)36-23-13-24-42-39-20-11-12-25-47(39)53-50(36)42/h1-31H. The highest BCUT2D eigenvalue weighted by Gasteiger charge is 2.23. The van der Waals surface area contributed by atoms with Gasteiger partial charge >= 0.3 is 0 Å². The van der Waals surface area contributed by atoms with Gasteiger partial charge in [-0.25, -0.2) is 0 Å². The van der Waals surface area contributed by atoms with E-state index in [-0.39, 0.29) is 0 Å². The van der Waals surface area contributed by atoms with E-state index < -0.39 is 0 Å². The van der Waals surface area contributed by atoms with Crippen molar-refractivity contribution in [3.05, 3.63) is 188 Å². The lowest BCUT2D eigenvalue weighted by Gasteiger charge is -2.28. The number of rotatable bonds is 5. The number of hydrogen-bond acceptors (Lipinski definition) is 3. The summed E-state index contributed by atoms with van der Waals surface area (Å²) < 4.78 is 9.58. The fraction of sp³-hybridized carbons (Fsp3) is 0. The van der Waals surface area contributed by atoms with Crippen LogP contribution in [0.25, 0.3) is 85.9 Å². The first-order valence-electron chi connectivity index (χ1n) is 18.0. The Morgan fingerprint density at radius 1 is 0.396 bits per heavy atom. The lowest BCUT2D eigenvalue weighted by Crippen LogP contribution is -2.11. The first kappa shape index (κ1) is 30.0. The van der Waals surface area contributed by atoms with E-state index in [2.05, 4.69) is 193 Å². The van der Waals surface area contributed by atoms with Crippen molar-refractivity contribution in [3.8, 4) is 22.3 Å². The normalized spacial score (nSPS) is 11.8. The van der Waals surface area contributed by atoms with Crippen LogP contribution in [0.15, 0.2) is 192 Å².